The van der Waals surface area contributed by atoms with E-state index in [0.29, 0.717) is 0 Å². The Morgan fingerprint density at radius 2 is 1.94 bits per heavy atom. The molecule has 0 aliphatic rings. The first-order chi connectivity index (χ1) is 8.04. The second kappa shape index (κ2) is 5.87. The van der Waals surface area contributed by atoms with E-state index in [2.05, 4.69) is 15.3 Å². The number of aliphatic hydroxyl groups excluding tert-OH is 2. The van der Waals surface area contributed by atoms with E-state index in [4.69, 9.17) is 15.9 Å². The third kappa shape index (κ3) is 3.78. The first kappa shape index (κ1) is 13.0. The number of nitrogens with zero attached hydrogens (tertiary/aromatic N) is 2. The van der Waals surface area contributed by atoms with Crippen LogP contribution in [0.2, 0.25) is 0 Å². The average Bonchev–Trinajstić information content (AvgIpc) is 2.35. The smallest absolute Gasteiger partial charge is 0.271 e. The number of nitrogens with two attached hydrogens (primary N) is 1. The third-order valence-electron chi connectivity index (χ3n) is 1.85. The molecule has 8 nitrogen and oxygen atoms in total. The maximum atomic E-state index is 11.4. The first-order valence-electron chi connectivity index (χ1n) is 4.73. The van der Waals surface area contributed by atoms with Crippen LogP contribution in [0.1, 0.15) is 21.0 Å². The van der Waals surface area contributed by atoms with Crippen LogP contribution in [-0.4, -0.2) is 51.3 Å². The molecule has 17 heavy (non-hydrogen) atoms. The lowest BCUT2D eigenvalue weighted by Crippen LogP contribution is -2.34. The number of aromatic nitrogens is 2. The van der Waals surface area contributed by atoms with Gasteiger partial charge in [0, 0.05) is 6.54 Å². The minimum absolute atomic E-state index is 0.0138. The van der Waals surface area contributed by atoms with E-state index in [0.717, 1.165) is 12.4 Å². The minimum Gasteiger partial charge on any atom is -0.394 e. The number of nitrogens with one attached hydrogen (secondary N) is 1. The fourth-order valence-corrected chi connectivity index (χ4v) is 0.938. The maximum absolute atomic E-state index is 11.4. The largest absolute Gasteiger partial charge is 0.394 e. The highest BCUT2D eigenvalue weighted by Gasteiger charge is 2.11. The molecular weight excluding hydrogens is 228 g/mol. The van der Waals surface area contributed by atoms with Crippen molar-refractivity contribution >= 4 is 11.8 Å². The second-order valence-corrected chi connectivity index (χ2v) is 3.20. The van der Waals surface area contributed by atoms with Crippen molar-refractivity contribution in [3.63, 3.8) is 0 Å². The topological polar surface area (TPSA) is 138 Å². The molecule has 0 aliphatic carbocycles. The molecule has 0 saturated heterocycles. The van der Waals surface area contributed by atoms with Crippen LogP contribution < -0.4 is 11.1 Å². The zero-order valence-electron chi connectivity index (χ0n) is 8.83. The van der Waals surface area contributed by atoms with Gasteiger partial charge in [0.25, 0.3) is 11.8 Å². The molecule has 1 rings (SSSR count). The molecule has 0 spiro atoms. The van der Waals surface area contributed by atoms with Gasteiger partial charge in [-0.05, 0) is 0 Å². The Morgan fingerprint density at radius 3 is 2.41 bits per heavy atom. The molecular formula is C9H12N4O4. The quantitative estimate of drug-likeness (QED) is 0.455. The van der Waals surface area contributed by atoms with Crippen molar-refractivity contribution in [2.24, 2.45) is 5.73 Å². The van der Waals surface area contributed by atoms with Crippen LogP contribution in [-0.2, 0) is 0 Å². The number of hydrogen-bond donors (Lipinski definition) is 4. The molecule has 1 aromatic heterocycles. The van der Waals surface area contributed by atoms with Gasteiger partial charge in [-0.15, -0.1) is 0 Å². The molecule has 1 aromatic rings. The average molecular weight is 240 g/mol. The first-order valence-corrected chi connectivity index (χ1v) is 4.73. The Labute approximate surface area is 96.5 Å². The number of aliphatic hydroxyl groups is 2. The number of rotatable bonds is 5. The van der Waals surface area contributed by atoms with Gasteiger partial charge in [0.1, 0.15) is 11.4 Å². The van der Waals surface area contributed by atoms with Gasteiger partial charge in [-0.2, -0.15) is 0 Å². The second-order valence-electron chi connectivity index (χ2n) is 3.20. The standard InChI is InChI=1S/C9H12N4O4/c10-8(16)6-2-12-7(3-11-6)9(17)13-1-5(15)4-14/h2-3,5,14-15H,1,4H2,(H2,10,16)(H,13,17). The number of hydrogen-bond acceptors (Lipinski definition) is 6. The van der Waals surface area contributed by atoms with Crippen molar-refractivity contribution in [2.45, 2.75) is 6.10 Å². The normalized spacial score (nSPS) is 11.9. The lowest BCUT2D eigenvalue weighted by Gasteiger charge is -2.08. The summed E-state index contributed by atoms with van der Waals surface area (Å²) in [7, 11) is 0. The molecule has 1 unspecified atom stereocenters. The summed E-state index contributed by atoms with van der Waals surface area (Å²) in [5, 5.41) is 19.9. The van der Waals surface area contributed by atoms with Crippen molar-refractivity contribution in [1.29, 1.82) is 0 Å². The molecule has 2 amide bonds. The molecule has 0 radical (unpaired) electrons. The Bertz CT molecular complexity index is 406. The molecule has 0 saturated carbocycles. The van der Waals surface area contributed by atoms with Gasteiger partial charge in [-0.1, -0.05) is 0 Å². The van der Waals surface area contributed by atoms with E-state index in [9.17, 15) is 9.59 Å². The van der Waals surface area contributed by atoms with Crippen LogP contribution in [0.25, 0.3) is 0 Å². The van der Waals surface area contributed by atoms with Crippen LogP contribution in [0.4, 0.5) is 0 Å². The molecule has 0 aliphatic heterocycles. The summed E-state index contributed by atoms with van der Waals surface area (Å²) in [4.78, 5) is 29.4. The van der Waals surface area contributed by atoms with Gasteiger partial charge in [0.15, 0.2) is 0 Å². The summed E-state index contributed by atoms with van der Waals surface area (Å²) in [6, 6.07) is 0. The highest BCUT2D eigenvalue weighted by Crippen LogP contribution is 1.95. The summed E-state index contributed by atoms with van der Waals surface area (Å²) in [5.74, 6) is -1.30. The van der Waals surface area contributed by atoms with Crippen molar-refractivity contribution in [3.05, 3.63) is 23.8 Å². The molecule has 92 valence electrons. The zero-order chi connectivity index (χ0) is 12.8. The third-order valence-corrected chi connectivity index (χ3v) is 1.85. The van der Waals surface area contributed by atoms with E-state index in [1.54, 1.807) is 0 Å². The van der Waals surface area contributed by atoms with E-state index in [1.807, 2.05) is 0 Å². The van der Waals surface area contributed by atoms with E-state index < -0.39 is 24.5 Å². The Morgan fingerprint density at radius 1 is 1.35 bits per heavy atom. The van der Waals surface area contributed by atoms with E-state index >= 15 is 0 Å². The van der Waals surface area contributed by atoms with Gasteiger partial charge in [0.05, 0.1) is 25.1 Å². The summed E-state index contributed by atoms with van der Waals surface area (Å²) in [6.45, 7) is -0.554. The number of primary amides is 1. The number of carbonyl (C=O) groups excluding carboxylic acids is 2. The maximum Gasteiger partial charge on any atom is 0.271 e. The van der Waals surface area contributed by atoms with Crippen LogP contribution in [0.3, 0.4) is 0 Å². The van der Waals surface area contributed by atoms with Crippen LogP contribution >= 0.6 is 0 Å². The van der Waals surface area contributed by atoms with Crippen molar-refractivity contribution in [1.82, 2.24) is 15.3 Å². The number of carbonyl (C=O) groups is 2. The van der Waals surface area contributed by atoms with Crippen LogP contribution in [0, 0.1) is 0 Å². The highest BCUT2D eigenvalue weighted by molar-refractivity contribution is 5.93. The molecule has 1 heterocycles. The summed E-state index contributed by atoms with van der Waals surface area (Å²) in [5.41, 5.74) is 4.90. The molecule has 0 bridgehead atoms. The lowest BCUT2D eigenvalue weighted by atomic mass is 10.3. The summed E-state index contributed by atoms with van der Waals surface area (Å²) in [6.07, 6.45) is 1.15. The van der Waals surface area contributed by atoms with Gasteiger partial charge in [0.2, 0.25) is 0 Å². The van der Waals surface area contributed by atoms with Gasteiger partial charge < -0.3 is 21.3 Å². The van der Waals surface area contributed by atoms with E-state index in [-0.39, 0.29) is 17.9 Å². The fraction of sp³-hybridized carbons (Fsp3) is 0.333. The predicted molar refractivity (Wildman–Crippen MR) is 56.0 cm³/mol. The monoisotopic (exact) mass is 240 g/mol. The minimum atomic E-state index is -1.03. The highest BCUT2D eigenvalue weighted by atomic mass is 16.3. The SMILES string of the molecule is NC(=O)c1cnc(C(=O)NCC(O)CO)cn1. The van der Waals surface area contributed by atoms with Gasteiger partial charge >= 0.3 is 0 Å². The summed E-state index contributed by atoms with van der Waals surface area (Å²) >= 11 is 0. The molecule has 8 heteroatoms. The fourth-order valence-electron chi connectivity index (χ4n) is 0.938. The Kier molecular flexibility index (Phi) is 4.49. The zero-order valence-corrected chi connectivity index (χ0v) is 8.83. The predicted octanol–water partition coefficient (Wildman–Crippen LogP) is -2.34. The van der Waals surface area contributed by atoms with Gasteiger partial charge in [-0.3, -0.25) is 9.59 Å². The Hall–Kier alpha value is -2.06. The molecule has 0 aromatic carbocycles. The van der Waals surface area contributed by atoms with Crippen molar-refractivity contribution < 1.29 is 19.8 Å². The van der Waals surface area contributed by atoms with Crippen molar-refractivity contribution in [2.75, 3.05) is 13.2 Å². The summed E-state index contributed by atoms with van der Waals surface area (Å²) < 4.78 is 0. The molecule has 5 N–H and O–H groups in total. The van der Waals surface area contributed by atoms with Gasteiger partial charge in [-0.25, -0.2) is 9.97 Å². The van der Waals surface area contributed by atoms with Crippen molar-refractivity contribution in [3.8, 4) is 0 Å². The molecule has 1 atom stereocenters. The van der Waals surface area contributed by atoms with Crippen LogP contribution in [0.15, 0.2) is 12.4 Å². The Balaban J connectivity index is 2.61. The van der Waals surface area contributed by atoms with E-state index in [1.165, 1.54) is 0 Å². The number of amides is 2. The molecule has 0 fully saturated rings. The van der Waals surface area contributed by atoms with Crippen LogP contribution in [0.5, 0.6) is 0 Å². The lowest BCUT2D eigenvalue weighted by molar-refractivity contribution is 0.0798.